The van der Waals surface area contributed by atoms with E-state index in [2.05, 4.69) is 9.99 Å². The fraction of sp³-hybridized carbons (Fsp3) is 0.500. The van der Waals surface area contributed by atoms with Crippen molar-refractivity contribution >= 4 is 12.0 Å². The number of Topliss-reactive ketones (excluding diaryl/α,β-unsaturated/α-hetero) is 1. The smallest absolute Gasteiger partial charge is 0.174 e. The molecule has 0 atom stereocenters. The first kappa shape index (κ1) is 6.14. The van der Waals surface area contributed by atoms with Crippen LogP contribution in [0.25, 0.3) is 0 Å². The van der Waals surface area contributed by atoms with Gasteiger partial charge in [0.1, 0.15) is 13.3 Å². The van der Waals surface area contributed by atoms with Crippen LogP contribution in [0.3, 0.4) is 0 Å². The predicted molar refractivity (Wildman–Crippen MR) is 26.2 cm³/mol. The highest BCUT2D eigenvalue weighted by Gasteiger charge is 1.78. The van der Waals surface area contributed by atoms with E-state index in [1.165, 1.54) is 14.0 Å². The van der Waals surface area contributed by atoms with E-state index < -0.39 is 0 Å². The van der Waals surface area contributed by atoms with E-state index in [0.29, 0.717) is 0 Å². The first-order chi connectivity index (χ1) is 3.27. The zero-order chi connectivity index (χ0) is 5.70. The fourth-order valence-corrected chi connectivity index (χ4v) is 0.127. The molecule has 0 N–H and O–H groups in total. The maximum atomic E-state index is 9.97. The summed E-state index contributed by atoms with van der Waals surface area (Å²) in [6.45, 7) is 1.41. The van der Waals surface area contributed by atoms with Gasteiger partial charge in [0.05, 0.1) is 0 Å². The molecule has 0 aliphatic rings. The van der Waals surface area contributed by atoms with Crippen molar-refractivity contribution in [2.24, 2.45) is 5.16 Å². The van der Waals surface area contributed by atoms with Gasteiger partial charge in [0.15, 0.2) is 5.78 Å². The Labute approximate surface area is 42.0 Å². The molecule has 0 bridgehead atoms. The minimum Gasteiger partial charge on any atom is -0.399 e. The van der Waals surface area contributed by atoms with Crippen LogP contribution in [0.5, 0.6) is 0 Å². The summed E-state index contributed by atoms with van der Waals surface area (Å²) in [4.78, 5) is 14.2. The normalized spacial score (nSPS) is 9.43. The zero-order valence-electron chi connectivity index (χ0n) is 4.34. The van der Waals surface area contributed by atoms with Gasteiger partial charge in [-0.05, 0) is 0 Å². The summed E-state index contributed by atoms with van der Waals surface area (Å²) in [5.74, 6) is -0.109. The summed E-state index contributed by atoms with van der Waals surface area (Å²) in [6.07, 6.45) is 1.11. The number of carbonyl (C=O) groups is 1. The summed E-state index contributed by atoms with van der Waals surface area (Å²) in [5, 5.41) is 3.20. The van der Waals surface area contributed by atoms with Crippen molar-refractivity contribution in [2.45, 2.75) is 6.92 Å². The molecule has 0 aliphatic heterocycles. The van der Waals surface area contributed by atoms with E-state index in [0.717, 1.165) is 6.21 Å². The summed E-state index contributed by atoms with van der Waals surface area (Å²) in [5.41, 5.74) is 0. The Kier molecular flexibility index (Phi) is 2.92. The minimum atomic E-state index is -0.109. The van der Waals surface area contributed by atoms with Gasteiger partial charge in [-0.1, -0.05) is 5.16 Å². The standard InChI is InChI=1S/C4H7NO2/c1-4(6)3-5-7-2/h3H,1-2H3/b5-3+. The lowest BCUT2D eigenvalue weighted by Gasteiger charge is -1.78. The summed E-state index contributed by atoms with van der Waals surface area (Å²) < 4.78 is 0. The number of oxime groups is 1. The fourth-order valence-electron chi connectivity index (χ4n) is 0.127. The molecule has 0 aromatic carbocycles. The second-order valence-electron chi connectivity index (χ2n) is 1.03. The molecule has 0 spiro atoms. The van der Waals surface area contributed by atoms with Crippen molar-refractivity contribution in [1.82, 2.24) is 0 Å². The maximum absolute atomic E-state index is 9.97. The van der Waals surface area contributed by atoms with E-state index in [1.807, 2.05) is 0 Å². The number of hydrogen-bond donors (Lipinski definition) is 0. The van der Waals surface area contributed by atoms with E-state index in [-0.39, 0.29) is 5.78 Å². The van der Waals surface area contributed by atoms with Gasteiger partial charge in [-0.15, -0.1) is 0 Å². The molecular weight excluding hydrogens is 94.0 g/mol. The molecule has 0 aliphatic carbocycles. The Hall–Kier alpha value is -0.860. The van der Waals surface area contributed by atoms with Crippen LogP contribution in [0.15, 0.2) is 5.16 Å². The molecule has 0 fully saturated rings. The Morgan fingerprint density at radius 1 is 1.86 bits per heavy atom. The maximum Gasteiger partial charge on any atom is 0.174 e. The Balaban J connectivity index is 3.26. The quantitative estimate of drug-likeness (QED) is 0.368. The molecule has 40 valence electrons. The van der Waals surface area contributed by atoms with Gasteiger partial charge in [0.25, 0.3) is 0 Å². The van der Waals surface area contributed by atoms with Crippen LogP contribution in [0.1, 0.15) is 6.92 Å². The lowest BCUT2D eigenvalue weighted by atomic mass is 10.5. The number of hydrogen-bond acceptors (Lipinski definition) is 3. The van der Waals surface area contributed by atoms with Crippen LogP contribution in [-0.4, -0.2) is 19.1 Å². The average Bonchev–Trinajstić information content (AvgIpc) is 1.61. The van der Waals surface area contributed by atoms with E-state index >= 15 is 0 Å². The molecule has 0 aromatic heterocycles. The number of rotatable bonds is 2. The van der Waals surface area contributed by atoms with Crippen molar-refractivity contribution in [3.8, 4) is 0 Å². The van der Waals surface area contributed by atoms with Crippen LogP contribution in [0.2, 0.25) is 0 Å². The van der Waals surface area contributed by atoms with Crippen LogP contribution in [0.4, 0.5) is 0 Å². The van der Waals surface area contributed by atoms with Crippen LogP contribution >= 0.6 is 0 Å². The second kappa shape index (κ2) is 3.33. The number of nitrogens with zero attached hydrogens (tertiary/aromatic N) is 1. The third-order valence-corrected chi connectivity index (χ3v) is 0.340. The van der Waals surface area contributed by atoms with Crippen molar-refractivity contribution in [2.75, 3.05) is 7.11 Å². The molecule has 3 nitrogen and oxygen atoms in total. The highest BCUT2D eigenvalue weighted by atomic mass is 16.6. The van der Waals surface area contributed by atoms with Crippen molar-refractivity contribution < 1.29 is 9.63 Å². The summed E-state index contributed by atoms with van der Waals surface area (Å²) in [7, 11) is 1.39. The average molecular weight is 101 g/mol. The van der Waals surface area contributed by atoms with Gasteiger partial charge in [-0.3, -0.25) is 4.79 Å². The molecule has 7 heavy (non-hydrogen) atoms. The molecule has 0 radical (unpaired) electrons. The van der Waals surface area contributed by atoms with Gasteiger partial charge >= 0.3 is 0 Å². The van der Waals surface area contributed by atoms with Crippen molar-refractivity contribution in [3.63, 3.8) is 0 Å². The molecule has 0 aromatic rings. The molecule has 0 rings (SSSR count). The minimum absolute atomic E-state index is 0.109. The molecule has 0 amide bonds. The third kappa shape index (κ3) is 5.14. The highest BCUT2D eigenvalue weighted by Crippen LogP contribution is 1.63. The largest absolute Gasteiger partial charge is 0.399 e. The van der Waals surface area contributed by atoms with Gasteiger partial charge in [-0.2, -0.15) is 0 Å². The van der Waals surface area contributed by atoms with E-state index in [4.69, 9.17) is 0 Å². The third-order valence-electron chi connectivity index (χ3n) is 0.340. The first-order valence-electron chi connectivity index (χ1n) is 1.84. The van der Waals surface area contributed by atoms with Gasteiger partial charge in [0, 0.05) is 6.92 Å². The highest BCUT2D eigenvalue weighted by molar-refractivity contribution is 6.26. The predicted octanol–water partition coefficient (Wildman–Crippen LogP) is 0.208. The van der Waals surface area contributed by atoms with Gasteiger partial charge in [0.2, 0.25) is 0 Å². The molecular formula is C4H7NO2. The molecule has 3 heteroatoms. The van der Waals surface area contributed by atoms with Gasteiger partial charge in [-0.25, -0.2) is 0 Å². The molecule has 0 heterocycles. The molecule has 0 saturated carbocycles. The van der Waals surface area contributed by atoms with Crippen molar-refractivity contribution in [3.05, 3.63) is 0 Å². The Morgan fingerprint density at radius 3 is 2.57 bits per heavy atom. The second-order valence-corrected chi connectivity index (χ2v) is 1.03. The SMILES string of the molecule is CO/N=C/C(C)=O. The first-order valence-corrected chi connectivity index (χ1v) is 1.84. The number of carbonyl (C=O) groups excluding carboxylic acids is 1. The molecule has 0 saturated heterocycles. The monoisotopic (exact) mass is 101 g/mol. The van der Waals surface area contributed by atoms with E-state index in [9.17, 15) is 4.79 Å². The van der Waals surface area contributed by atoms with E-state index in [1.54, 1.807) is 0 Å². The summed E-state index contributed by atoms with van der Waals surface area (Å²) in [6, 6.07) is 0. The lowest BCUT2D eigenvalue weighted by molar-refractivity contribution is -0.110. The Morgan fingerprint density at radius 2 is 2.43 bits per heavy atom. The van der Waals surface area contributed by atoms with Crippen molar-refractivity contribution in [1.29, 1.82) is 0 Å². The van der Waals surface area contributed by atoms with Crippen LogP contribution in [0, 0.1) is 0 Å². The lowest BCUT2D eigenvalue weighted by Crippen LogP contribution is -1.89. The zero-order valence-corrected chi connectivity index (χ0v) is 4.34. The Bertz CT molecular complexity index is 87.7. The van der Waals surface area contributed by atoms with Gasteiger partial charge < -0.3 is 4.84 Å². The topological polar surface area (TPSA) is 38.7 Å². The van der Waals surface area contributed by atoms with Crippen LogP contribution < -0.4 is 0 Å². The summed E-state index contributed by atoms with van der Waals surface area (Å²) >= 11 is 0. The number of ketones is 1. The molecule has 0 unspecified atom stereocenters. The van der Waals surface area contributed by atoms with Crippen LogP contribution in [-0.2, 0) is 9.63 Å².